The van der Waals surface area contributed by atoms with Crippen molar-refractivity contribution in [3.8, 4) is 0 Å². The summed E-state index contributed by atoms with van der Waals surface area (Å²) in [6.07, 6.45) is 0.720. The van der Waals surface area contributed by atoms with Crippen molar-refractivity contribution in [1.29, 1.82) is 0 Å². The zero-order chi connectivity index (χ0) is 24.6. The molecule has 0 N–H and O–H groups in total. The number of fused-ring (bicyclic) bond motifs is 2. The smallest absolute Gasteiger partial charge is 0.270 e. The molecule has 3 heterocycles. The van der Waals surface area contributed by atoms with E-state index in [-0.39, 0.29) is 23.7 Å². The van der Waals surface area contributed by atoms with Gasteiger partial charge in [-0.25, -0.2) is 0 Å². The van der Waals surface area contributed by atoms with Crippen LogP contribution in [0.15, 0.2) is 84.9 Å². The Bertz CT molecular complexity index is 1410. The van der Waals surface area contributed by atoms with Crippen molar-refractivity contribution in [2.24, 2.45) is 11.8 Å². The summed E-state index contributed by atoms with van der Waals surface area (Å²) in [6, 6.07) is 28.0. The molecule has 2 amide bonds. The van der Waals surface area contributed by atoms with Gasteiger partial charge in [-0.1, -0.05) is 72.3 Å². The lowest BCUT2D eigenvalue weighted by Crippen LogP contribution is -2.44. The lowest BCUT2D eigenvalue weighted by atomic mass is 9.88. The Kier molecular flexibility index (Phi) is 6.02. The van der Waals surface area contributed by atoms with Crippen LogP contribution in [0.1, 0.15) is 28.0 Å². The number of amides is 2. The molecule has 182 valence electrons. The zero-order valence-electron chi connectivity index (χ0n) is 20.0. The fraction of sp³-hybridized carbons (Fsp3) is 0.267. The van der Waals surface area contributed by atoms with Crippen LogP contribution in [-0.2, 0) is 17.9 Å². The van der Waals surface area contributed by atoms with Crippen LogP contribution in [0, 0.1) is 11.8 Å². The number of likely N-dealkylation sites (tertiary alicyclic amines) is 2. The van der Waals surface area contributed by atoms with Gasteiger partial charge in [-0.15, -0.1) is 0 Å². The Morgan fingerprint density at radius 3 is 2.39 bits per heavy atom. The first-order valence-corrected chi connectivity index (χ1v) is 12.9. The number of aromatic nitrogens is 1. The third kappa shape index (κ3) is 4.28. The molecule has 3 aromatic carbocycles. The molecule has 2 fully saturated rings. The maximum absolute atomic E-state index is 13.9. The Morgan fingerprint density at radius 2 is 1.58 bits per heavy atom. The van der Waals surface area contributed by atoms with Crippen molar-refractivity contribution in [3.05, 3.63) is 107 Å². The molecule has 6 rings (SSSR count). The molecule has 0 saturated carbocycles. The van der Waals surface area contributed by atoms with Gasteiger partial charge < -0.3 is 14.4 Å². The van der Waals surface area contributed by atoms with E-state index in [9.17, 15) is 9.59 Å². The van der Waals surface area contributed by atoms with Gasteiger partial charge in [0, 0.05) is 60.5 Å². The Balaban J connectivity index is 1.23. The monoisotopic (exact) mass is 497 g/mol. The van der Waals surface area contributed by atoms with Crippen LogP contribution in [0.3, 0.4) is 0 Å². The van der Waals surface area contributed by atoms with Crippen LogP contribution in [0.4, 0.5) is 0 Å². The quantitative estimate of drug-likeness (QED) is 0.367. The van der Waals surface area contributed by atoms with Gasteiger partial charge in [-0.3, -0.25) is 9.59 Å². The van der Waals surface area contributed by atoms with Crippen LogP contribution in [-0.4, -0.2) is 45.8 Å². The molecular weight excluding hydrogens is 470 g/mol. The van der Waals surface area contributed by atoms with E-state index in [4.69, 9.17) is 11.6 Å². The molecular formula is C30H28ClN3O2. The standard InChI is InChI=1S/C30H28ClN3O2/c31-25-12-10-22(11-13-25)18-34-27-9-5-4-8-23(27)16-28(34)30(36)32-15-14-26-24(19-32)20-33(29(26)35)17-21-6-2-1-3-7-21/h1-13,16,24,26H,14-15,17-20H2. The number of halogens is 1. The molecule has 0 bridgehead atoms. The highest BCUT2D eigenvalue weighted by atomic mass is 35.5. The van der Waals surface area contributed by atoms with E-state index in [1.165, 1.54) is 0 Å². The average molecular weight is 498 g/mol. The van der Waals surface area contributed by atoms with Crippen LogP contribution < -0.4 is 0 Å². The summed E-state index contributed by atoms with van der Waals surface area (Å²) >= 11 is 6.09. The minimum Gasteiger partial charge on any atom is -0.338 e. The number of nitrogens with zero attached hydrogens (tertiary/aromatic N) is 3. The third-order valence-corrected chi connectivity index (χ3v) is 7.86. The van der Waals surface area contributed by atoms with Crippen LogP contribution in [0.5, 0.6) is 0 Å². The van der Waals surface area contributed by atoms with Crippen molar-refractivity contribution in [1.82, 2.24) is 14.4 Å². The summed E-state index contributed by atoms with van der Waals surface area (Å²) in [4.78, 5) is 30.9. The van der Waals surface area contributed by atoms with Crippen molar-refractivity contribution < 1.29 is 9.59 Å². The highest BCUT2D eigenvalue weighted by Crippen LogP contribution is 2.34. The molecule has 2 unspecified atom stereocenters. The minimum atomic E-state index is 0.0117. The van der Waals surface area contributed by atoms with Crippen molar-refractivity contribution >= 4 is 34.3 Å². The number of rotatable bonds is 5. The molecule has 5 nitrogen and oxygen atoms in total. The summed E-state index contributed by atoms with van der Waals surface area (Å²) in [6.45, 7) is 3.15. The molecule has 0 radical (unpaired) electrons. The van der Waals surface area contributed by atoms with Crippen LogP contribution >= 0.6 is 11.6 Å². The maximum atomic E-state index is 13.9. The Labute approximate surface area is 215 Å². The summed E-state index contributed by atoms with van der Waals surface area (Å²) in [7, 11) is 0. The van der Waals surface area contributed by atoms with E-state index in [0.717, 1.165) is 28.5 Å². The lowest BCUT2D eigenvalue weighted by Gasteiger charge is -2.33. The molecule has 4 aromatic rings. The van der Waals surface area contributed by atoms with E-state index in [1.807, 2.05) is 76.5 Å². The second-order valence-corrected chi connectivity index (χ2v) is 10.3. The number of piperidine rings is 1. The third-order valence-electron chi connectivity index (χ3n) is 7.60. The fourth-order valence-electron chi connectivity index (χ4n) is 5.77. The van der Waals surface area contributed by atoms with Gasteiger partial charge >= 0.3 is 0 Å². The first-order valence-electron chi connectivity index (χ1n) is 12.5. The molecule has 36 heavy (non-hydrogen) atoms. The number of hydrogen-bond acceptors (Lipinski definition) is 2. The number of carbonyl (C=O) groups is 2. The summed E-state index contributed by atoms with van der Waals surface area (Å²) in [5.74, 6) is 0.450. The van der Waals surface area contributed by atoms with Gasteiger partial charge in [0.05, 0.1) is 0 Å². The molecule has 0 aliphatic carbocycles. The molecule has 2 atom stereocenters. The maximum Gasteiger partial charge on any atom is 0.270 e. The molecule has 2 saturated heterocycles. The fourth-order valence-corrected chi connectivity index (χ4v) is 5.90. The number of benzene rings is 3. The minimum absolute atomic E-state index is 0.0117. The normalized spacial score (nSPS) is 19.6. The highest BCUT2D eigenvalue weighted by molar-refractivity contribution is 6.30. The Morgan fingerprint density at radius 1 is 0.861 bits per heavy atom. The van der Waals surface area contributed by atoms with Gasteiger partial charge in [-0.05, 0) is 41.8 Å². The van der Waals surface area contributed by atoms with Crippen LogP contribution in [0.25, 0.3) is 10.9 Å². The second-order valence-electron chi connectivity index (χ2n) is 9.91. The van der Waals surface area contributed by atoms with Crippen molar-refractivity contribution in [2.45, 2.75) is 19.5 Å². The Hall–Kier alpha value is -3.57. The van der Waals surface area contributed by atoms with Crippen molar-refractivity contribution in [3.63, 3.8) is 0 Å². The molecule has 1 aromatic heterocycles. The first-order chi connectivity index (χ1) is 17.6. The summed E-state index contributed by atoms with van der Waals surface area (Å²) in [5.41, 5.74) is 3.96. The van der Waals surface area contributed by atoms with E-state index in [0.29, 0.717) is 43.4 Å². The van der Waals surface area contributed by atoms with Gasteiger partial charge in [-0.2, -0.15) is 0 Å². The predicted molar refractivity (Wildman–Crippen MR) is 142 cm³/mol. The molecule has 0 spiro atoms. The SMILES string of the molecule is O=C(c1cc2ccccc2n1Cc1ccc(Cl)cc1)N1CCC2C(=O)N(Cc3ccccc3)CC2C1. The van der Waals surface area contributed by atoms with Crippen molar-refractivity contribution in [2.75, 3.05) is 19.6 Å². The first kappa shape index (κ1) is 22.9. The van der Waals surface area contributed by atoms with Gasteiger partial charge in [0.1, 0.15) is 5.69 Å². The van der Waals surface area contributed by atoms with Crippen LogP contribution in [0.2, 0.25) is 5.02 Å². The second kappa shape index (κ2) is 9.47. The number of carbonyl (C=O) groups excluding carboxylic acids is 2. The van der Waals surface area contributed by atoms with E-state index >= 15 is 0 Å². The largest absolute Gasteiger partial charge is 0.338 e. The molecule has 2 aliphatic rings. The molecule has 2 aliphatic heterocycles. The number of para-hydroxylation sites is 1. The summed E-state index contributed by atoms with van der Waals surface area (Å²) < 4.78 is 2.11. The lowest BCUT2D eigenvalue weighted by molar-refractivity contribution is -0.132. The average Bonchev–Trinajstić information content (AvgIpc) is 3.42. The van der Waals surface area contributed by atoms with Gasteiger partial charge in [0.25, 0.3) is 5.91 Å². The number of hydrogen-bond donors (Lipinski definition) is 0. The van der Waals surface area contributed by atoms with Gasteiger partial charge in [0.15, 0.2) is 0 Å². The predicted octanol–water partition coefficient (Wildman–Crippen LogP) is 5.46. The summed E-state index contributed by atoms with van der Waals surface area (Å²) in [5, 5.41) is 1.75. The molecule has 6 heteroatoms. The zero-order valence-corrected chi connectivity index (χ0v) is 20.8. The highest BCUT2D eigenvalue weighted by Gasteiger charge is 2.44. The topological polar surface area (TPSA) is 45.6 Å². The van der Waals surface area contributed by atoms with E-state index < -0.39 is 0 Å². The van der Waals surface area contributed by atoms with E-state index in [2.05, 4.69) is 22.8 Å². The van der Waals surface area contributed by atoms with E-state index in [1.54, 1.807) is 0 Å². The van der Waals surface area contributed by atoms with Gasteiger partial charge in [0.2, 0.25) is 5.91 Å².